The molecule has 1 N–H and O–H groups in total. The topological polar surface area (TPSA) is 21.3 Å². The van der Waals surface area contributed by atoms with Crippen molar-refractivity contribution < 1.29 is 4.74 Å². The van der Waals surface area contributed by atoms with Crippen LogP contribution in [0.1, 0.15) is 30.5 Å². The quantitative estimate of drug-likeness (QED) is 0.766. The molecule has 0 saturated heterocycles. The average Bonchev–Trinajstić information content (AvgIpc) is 2.74. The molecule has 0 amide bonds. The number of hydrogen-bond donors (Lipinski definition) is 1. The molecule has 0 bridgehead atoms. The van der Waals surface area contributed by atoms with E-state index in [0.717, 1.165) is 18.9 Å². The van der Waals surface area contributed by atoms with Gasteiger partial charge in [-0.25, -0.2) is 0 Å². The number of ether oxygens (including phenoxy) is 1. The summed E-state index contributed by atoms with van der Waals surface area (Å²) in [5, 5.41) is 4.36. The Bertz CT molecular complexity index is 369. The summed E-state index contributed by atoms with van der Waals surface area (Å²) in [7, 11) is 1.77. The molecule has 0 fully saturated rings. The van der Waals surface area contributed by atoms with Gasteiger partial charge >= 0.3 is 0 Å². The molecule has 0 radical (unpaired) electrons. The molecule has 1 aliphatic carbocycles. The predicted molar refractivity (Wildman–Crippen MR) is 79.3 cm³/mol. The highest BCUT2D eigenvalue weighted by Gasteiger charge is 2.31. The molecular formula is C15H23NOS. The van der Waals surface area contributed by atoms with Crippen molar-refractivity contribution in [1.29, 1.82) is 0 Å². The Balaban J connectivity index is 2.02. The van der Waals surface area contributed by atoms with Crippen molar-refractivity contribution in [2.45, 2.75) is 31.1 Å². The summed E-state index contributed by atoms with van der Waals surface area (Å²) >= 11 is 2.04. The molecule has 100 valence electrons. The second-order valence-electron chi connectivity index (χ2n) is 4.74. The number of fused-ring (bicyclic) bond motifs is 1. The fraction of sp³-hybridized carbons (Fsp3) is 0.600. The number of nitrogens with one attached hydrogen (secondary N) is 1. The van der Waals surface area contributed by atoms with Gasteiger partial charge in [0.05, 0.1) is 6.61 Å². The minimum Gasteiger partial charge on any atom is -0.384 e. The summed E-state index contributed by atoms with van der Waals surface area (Å²) in [6.07, 6.45) is 2.38. The lowest BCUT2D eigenvalue weighted by Crippen LogP contribution is -2.28. The highest BCUT2D eigenvalue weighted by atomic mass is 32.2. The van der Waals surface area contributed by atoms with Crippen molar-refractivity contribution in [2.24, 2.45) is 0 Å². The normalized spacial score (nSPS) is 22.1. The van der Waals surface area contributed by atoms with E-state index in [1.807, 2.05) is 11.8 Å². The summed E-state index contributed by atoms with van der Waals surface area (Å²) in [5.74, 6) is 1.08. The van der Waals surface area contributed by atoms with E-state index in [0.29, 0.717) is 11.3 Å². The number of hydrogen-bond acceptors (Lipinski definition) is 3. The van der Waals surface area contributed by atoms with Crippen LogP contribution in [0.5, 0.6) is 0 Å². The lowest BCUT2D eigenvalue weighted by Gasteiger charge is -2.21. The SMILES string of the molecule is CCCNC1c2ccccc2CC1SCCOC. The van der Waals surface area contributed by atoms with Gasteiger partial charge in [0.15, 0.2) is 0 Å². The van der Waals surface area contributed by atoms with Crippen molar-refractivity contribution >= 4 is 11.8 Å². The lowest BCUT2D eigenvalue weighted by molar-refractivity contribution is 0.218. The first kappa shape index (κ1) is 13.9. The zero-order valence-electron chi connectivity index (χ0n) is 11.3. The number of methoxy groups -OCH3 is 1. The van der Waals surface area contributed by atoms with E-state index in [9.17, 15) is 0 Å². The van der Waals surface area contributed by atoms with Gasteiger partial charge in [0.1, 0.15) is 0 Å². The van der Waals surface area contributed by atoms with Crippen LogP contribution in [0, 0.1) is 0 Å². The van der Waals surface area contributed by atoms with Gasteiger partial charge in [0.2, 0.25) is 0 Å². The van der Waals surface area contributed by atoms with Crippen LogP contribution in [0.25, 0.3) is 0 Å². The lowest BCUT2D eigenvalue weighted by atomic mass is 10.1. The van der Waals surface area contributed by atoms with E-state index in [-0.39, 0.29) is 0 Å². The maximum atomic E-state index is 5.15. The second-order valence-corrected chi connectivity index (χ2v) is 6.08. The van der Waals surface area contributed by atoms with Crippen molar-refractivity contribution in [3.05, 3.63) is 35.4 Å². The molecule has 0 heterocycles. The highest BCUT2D eigenvalue weighted by molar-refractivity contribution is 8.00. The van der Waals surface area contributed by atoms with E-state index < -0.39 is 0 Å². The van der Waals surface area contributed by atoms with Crippen LogP contribution in [0.4, 0.5) is 0 Å². The number of benzene rings is 1. The number of rotatable bonds is 7. The van der Waals surface area contributed by atoms with Gasteiger partial charge in [-0.15, -0.1) is 0 Å². The van der Waals surface area contributed by atoms with Gasteiger partial charge in [-0.3, -0.25) is 0 Å². The Morgan fingerprint density at radius 1 is 1.39 bits per heavy atom. The third kappa shape index (κ3) is 3.28. The molecule has 0 spiro atoms. The van der Waals surface area contributed by atoms with Gasteiger partial charge in [-0.2, -0.15) is 11.8 Å². The molecule has 1 aromatic carbocycles. The first-order valence-electron chi connectivity index (χ1n) is 6.78. The Morgan fingerprint density at radius 2 is 2.22 bits per heavy atom. The van der Waals surface area contributed by atoms with Crippen molar-refractivity contribution in [1.82, 2.24) is 5.32 Å². The molecule has 2 unspecified atom stereocenters. The zero-order valence-corrected chi connectivity index (χ0v) is 12.1. The Morgan fingerprint density at radius 3 is 3.00 bits per heavy atom. The molecular weight excluding hydrogens is 242 g/mol. The van der Waals surface area contributed by atoms with Crippen LogP contribution in [-0.4, -0.2) is 31.3 Å². The Kier molecular flexibility index (Phi) is 5.54. The van der Waals surface area contributed by atoms with Gasteiger partial charge < -0.3 is 10.1 Å². The van der Waals surface area contributed by atoms with E-state index in [1.54, 1.807) is 7.11 Å². The van der Waals surface area contributed by atoms with E-state index in [1.165, 1.54) is 24.0 Å². The molecule has 1 aliphatic rings. The standard InChI is InChI=1S/C15H23NOS/c1-3-8-16-15-13-7-5-4-6-12(13)11-14(15)18-10-9-17-2/h4-7,14-16H,3,8-11H2,1-2H3. The molecule has 3 heteroatoms. The third-order valence-corrected chi connectivity index (χ3v) is 4.69. The van der Waals surface area contributed by atoms with Gasteiger partial charge in [0, 0.05) is 24.2 Å². The van der Waals surface area contributed by atoms with E-state index in [4.69, 9.17) is 4.74 Å². The molecule has 2 atom stereocenters. The van der Waals surface area contributed by atoms with Crippen LogP contribution >= 0.6 is 11.8 Å². The smallest absolute Gasteiger partial charge is 0.0553 e. The monoisotopic (exact) mass is 265 g/mol. The minimum absolute atomic E-state index is 0.517. The van der Waals surface area contributed by atoms with Gasteiger partial charge in [-0.1, -0.05) is 31.2 Å². The third-order valence-electron chi connectivity index (χ3n) is 3.42. The molecule has 2 nitrogen and oxygen atoms in total. The summed E-state index contributed by atoms with van der Waals surface area (Å²) in [6.45, 7) is 4.17. The summed E-state index contributed by atoms with van der Waals surface area (Å²) in [4.78, 5) is 0. The maximum Gasteiger partial charge on any atom is 0.0553 e. The fourth-order valence-electron chi connectivity index (χ4n) is 2.54. The maximum absolute atomic E-state index is 5.15. The molecule has 1 aromatic rings. The highest BCUT2D eigenvalue weighted by Crippen LogP contribution is 2.38. The van der Waals surface area contributed by atoms with Gasteiger partial charge in [-0.05, 0) is 30.5 Å². The largest absolute Gasteiger partial charge is 0.384 e. The van der Waals surface area contributed by atoms with Gasteiger partial charge in [0.25, 0.3) is 0 Å². The van der Waals surface area contributed by atoms with Crippen molar-refractivity contribution in [3.8, 4) is 0 Å². The van der Waals surface area contributed by atoms with Crippen LogP contribution in [0.3, 0.4) is 0 Å². The summed E-state index contributed by atoms with van der Waals surface area (Å²) < 4.78 is 5.15. The molecule has 2 rings (SSSR count). The van der Waals surface area contributed by atoms with Crippen molar-refractivity contribution in [2.75, 3.05) is 26.0 Å². The van der Waals surface area contributed by atoms with Crippen molar-refractivity contribution in [3.63, 3.8) is 0 Å². The van der Waals surface area contributed by atoms with Crippen LogP contribution < -0.4 is 5.32 Å². The molecule has 0 saturated carbocycles. The first-order valence-corrected chi connectivity index (χ1v) is 7.83. The second kappa shape index (κ2) is 7.17. The van der Waals surface area contributed by atoms with E-state index in [2.05, 4.69) is 36.5 Å². The Hall–Kier alpha value is -0.510. The van der Waals surface area contributed by atoms with E-state index >= 15 is 0 Å². The minimum atomic E-state index is 0.517. The molecule has 18 heavy (non-hydrogen) atoms. The summed E-state index contributed by atoms with van der Waals surface area (Å²) in [5.41, 5.74) is 3.02. The van der Waals surface area contributed by atoms with Crippen LogP contribution in [0.15, 0.2) is 24.3 Å². The van der Waals surface area contributed by atoms with Crippen LogP contribution in [-0.2, 0) is 11.2 Å². The predicted octanol–water partition coefficient (Wildman–Crippen LogP) is 3.03. The zero-order chi connectivity index (χ0) is 12.8. The molecule has 0 aromatic heterocycles. The summed E-state index contributed by atoms with van der Waals surface area (Å²) in [6, 6.07) is 9.37. The van der Waals surface area contributed by atoms with Crippen LogP contribution in [0.2, 0.25) is 0 Å². The molecule has 0 aliphatic heterocycles. The first-order chi connectivity index (χ1) is 8.86. The Labute approximate surface area is 114 Å². The average molecular weight is 265 g/mol. The number of thioether (sulfide) groups is 1. The fourth-order valence-corrected chi connectivity index (χ4v) is 3.84.